The van der Waals surface area contributed by atoms with Crippen molar-refractivity contribution in [3.05, 3.63) is 53.9 Å². The van der Waals surface area contributed by atoms with Crippen LogP contribution in [-0.2, 0) is 21.7 Å². The van der Waals surface area contributed by atoms with Crippen LogP contribution in [0, 0.1) is 0 Å². The first-order valence-corrected chi connectivity index (χ1v) is 5.83. The maximum absolute atomic E-state index is 11.7. The summed E-state index contributed by atoms with van der Waals surface area (Å²) in [6.07, 6.45) is 1.92. The quantitative estimate of drug-likeness (QED) is 0.827. The standard InChI is InChI=1S/C14H14N2O2/c1-14(13(15)17)12-7-4-8-16(12)11-6-3-2-5-10(11)9-18-14/h2-8H,9H2,1H3,(H2,15,17). The number of fused-ring (bicyclic) bond motifs is 3. The highest BCUT2D eigenvalue weighted by molar-refractivity contribution is 5.84. The molecule has 1 aromatic heterocycles. The van der Waals surface area contributed by atoms with Crippen LogP contribution in [0.3, 0.4) is 0 Å². The van der Waals surface area contributed by atoms with Gasteiger partial charge in [-0.15, -0.1) is 0 Å². The highest BCUT2D eigenvalue weighted by atomic mass is 16.5. The Morgan fingerprint density at radius 3 is 2.89 bits per heavy atom. The number of primary amides is 1. The van der Waals surface area contributed by atoms with Crippen molar-refractivity contribution in [2.75, 3.05) is 0 Å². The summed E-state index contributed by atoms with van der Waals surface area (Å²) in [7, 11) is 0. The Balaban J connectivity index is 2.27. The number of nitrogens with zero attached hydrogens (tertiary/aromatic N) is 1. The van der Waals surface area contributed by atoms with Crippen LogP contribution >= 0.6 is 0 Å². The third kappa shape index (κ3) is 1.39. The SMILES string of the molecule is CC1(C(N)=O)OCc2ccccc2-n2cccc21. The fourth-order valence-electron chi connectivity index (χ4n) is 2.34. The smallest absolute Gasteiger partial charge is 0.255 e. The van der Waals surface area contributed by atoms with Crippen LogP contribution in [-0.4, -0.2) is 10.5 Å². The lowest BCUT2D eigenvalue weighted by molar-refractivity contribution is -0.145. The van der Waals surface area contributed by atoms with Crippen LogP contribution in [0.1, 0.15) is 18.2 Å². The predicted molar refractivity (Wildman–Crippen MR) is 67.1 cm³/mol. The van der Waals surface area contributed by atoms with Crippen molar-refractivity contribution in [3.63, 3.8) is 0 Å². The Bertz CT molecular complexity index is 618. The normalized spacial score (nSPS) is 21.8. The minimum atomic E-state index is -1.09. The molecule has 92 valence electrons. The second kappa shape index (κ2) is 3.71. The number of hydrogen-bond acceptors (Lipinski definition) is 2. The first-order valence-electron chi connectivity index (χ1n) is 5.83. The topological polar surface area (TPSA) is 57.3 Å². The van der Waals surface area contributed by atoms with E-state index >= 15 is 0 Å². The lowest BCUT2D eigenvalue weighted by atomic mass is 10.0. The summed E-state index contributed by atoms with van der Waals surface area (Å²) in [5, 5.41) is 0. The first-order chi connectivity index (χ1) is 8.63. The third-order valence-corrected chi connectivity index (χ3v) is 3.48. The number of ether oxygens (including phenoxy) is 1. The van der Waals surface area contributed by atoms with E-state index in [2.05, 4.69) is 0 Å². The molecule has 0 fully saturated rings. The van der Waals surface area contributed by atoms with Gasteiger partial charge in [-0.25, -0.2) is 0 Å². The summed E-state index contributed by atoms with van der Waals surface area (Å²) < 4.78 is 7.73. The maximum atomic E-state index is 11.7. The Morgan fingerprint density at radius 1 is 1.33 bits per heavy atom. The molecule has 18 heavy (non-hydrogen) atoms. The molecule has 0 aliphatic carbocycles. The van der Waals surface area contributed by atoms with Crippen LogP contribution in [0.25, 0.3) is 5.69 Å². The number of carbonyl (C=O) groups excluding carboxylic acids is 1. The molecule has 1 amide bonds. The molecule has 1 aliphatic heterocycles. The molecular formula is C14H14N2O2. The first kappa shape index (κ1) is 11.0. The van der Waals surface area contributed by atoms with Gasteiger partial charge in [0.2, 0.25) is 0 Å². The van der Waals surface area contributed by atoms with E-state index < -0.39 is 11.5 Å². The molecule has 3 rings (SSSR count). The molecule has 1 unspecified atom stereocenters. The second-order valence-corrected chi connectivity index (χ2v) is 4.58. The van der Waals surface area contributed by atoms with E-state index in [1.54, 1.807) is 6.92 Å². The second-order valence-electron chi connectivity index (χ2n) is 4.58. The van der Waals surface area contributed by atoms with Gasteiger partial charge in [0, 0.05) is 11.8 Å². The van der Waals surface area contributed by atoms with E-state index in [0.717, 1.165) is 16.9 Å². The highest BCUT2D eigenvalue weighted by Gasteiger charge is 2.39. The number of amides is 1. The van der Waals surface area contributed by atoms with Gasteiger partial charge in [0.15, 0.2) is 5.60 Å². The van der Waals surface area contributed by atoms with Crippen molar-refractivity contribution in [2.24, 2.45) is 5.73 Å². The van der Waals surface area contributed by atoms with Gasteiger partial charge in [-0.1, -0.05) is 18.2 Å². The van der Waals surface area contributed by atoms with Crippen molar-refractivity contribution in [1.29, 1.82) is 0 Å². The monoisotopic (exact) mass is 242 g/mol. The molecule has 1 atom stereocenters. The van der Waals surface area contributed by atoms with Crippen LogP contribution in [0.4, 0.5) is 0 Å². The summed E-state index contributed by atoms with van der Waals surface area (Å²) in [5.74, 6) is -0.477. The molecule has 4 heteroatoms. The fraction of sp³-hybridized carbons (Fsp3) is 0.214. The minimum Gasteiger partial charge on any atom is -0.367 e. The van der Waals surface area contributed by atoms with Gasteiger partial charge in [0.25, 0.3) is 5.91 Å². The van der Waals surface area contributed by atoms with Gasteiger partial charge in [-0.05, 0) is 25.1 Å². The van der Waals surface area contributed by atoms with Crippen molar-refractivity contribution < 1.29 is 9.53 Å². The molecular weight excluding hydrogens is 228 g/mol. The van der Waals surface area contributed by atoms with E-state index in [1.165, 1.54) is 0 Å². The van der Waals surface area contributed by atoms with E-state index in [1.807, 2.05) is 47.2 Å². The molecule has 0 saturated carbocycles. The summed E-state index contributed by atoms with van der Waals surface area (Å²) in [4.78, 5) is 11.7. The number of carbonyl (C=O) groups is 1. The Kier molecular flexibility index (Phi) is 2.28. The van der Waals surface area contributed by atoms with E-state index in [9.17, 15) is 4.79 Å². The Morgan fingerprint density at radius 2 is 2.11 bits per heavy atom. The molecule has 2 N–H and O–H groups in total. The molecule has 0 spiro atoms. The molecule has 1 aliphatic rings. The van der Waals surface area contributed by atoms with Crippen molar-refractivity contribution in [3.8, 4) is 5.69 Å². The number of rotatable bonds is 1. The molecule has 0 saturated heterocycles. The lowest BCUT2D eigenvalue weighted by Crippen LogP contribution is -2.41. The fourth-order valence-corrected chi connectivity index (χ4v) is 2.34. The molecule has 0 radical (unpaired) electrons. The minimum absolute atomic E-state index is 0.372. The number of para-hydroxylation sites is 1. The van der Waals surface area contributed by atoms with Gasteiger partial charge < -0.3 is 15.0 Å². The molecule has 0 bridgehead atoms. The third-order valence-electron chi connectivity index (χ3n) is 3.48. The van der Waals surface area contributed by atoms with Gasteiger partial charge in [0.1, 0.15) is 0 Å². The van der Waals surface area contributed by atoms with Crippen molar-refractivity contribution >= 4 is 5.91 Å². The summed E-state index contributed by atoms with van der Waals surface area (Å²) in [6, 6.07) is 11.7. The summed E-state index contributed by atoms with van der Waals surface area (Å²) in [6.45, 7) is 2.09. The number of hydrogen-bond donors (Lipinski definition) is 1. The average Bonchev–Trinajstić information content (AvgIpc) is 2.81. The largest absolute Gasteiger partial charge is 0.367 e. The Labute approximate surface area is 105 Å². The number of benzene rings is 1. The molecule has 2 heterocycles. The van der Waals surface area contributed by atoms with E-state index in [0.29, 0.717) is 6.61 Å². The number of aromatic nitrogens is 1. The van der Waals surface area contributed by atoms with Gasteiger partial charge in [-0.2, -0.15) is 0 Å². The molecule has 4 nitrogen and oxygen atoms in total. The number of nitrogens with two attached hydrogens (primary N) is 1. The van der Waals surface area contributed by atoms with Crippen LogP contribution in [0.5, 0.6) is 0 Å². The zero-order chi connectivity index (χ0) is 12.8. The van der Waals surface area contributed by atoms with Gasteiger partial charge in [0.05, 0.1) is 18.0 Å². The average molecular weight is 242 g/mol. The van der Waals surface area contributed by atoms with Crippen LogP contribution in [0.15, 0.2) is 42.6 Å². The zero-order valence-electron chi connectivity index (χ0n) is 10.1. The van der Waals surface area contributed by atoms with Gasteiger partial charge >= 0.3 is 0 Å². The lowest BCUT2D eigenvalue weighted by Gasteiger charge is -2.25. The predicted octanol–water partition coefficient (Wildman–Crippen LogP) is 1.71. The van der Waals surface area contributed by atoms with Gasteiger partial charge in [-0.3, -0.25) is 4.79 Å². The van der Waals surface area contributed by atoms with Crippen LogP contribution in [0.2, 0.25) is 0 Å². The van der Waals surface area contributed by atoms with Crippen molar-refractivity contribution in [1.82, 2.24) is 4.57 Å². The van der Waals surface area contributed by atoms with Crippen LogP contribution < -0.4 is 5.73 Å². The summed E-state index contributed by atoms with van der Waals surface area (Å²) in [5.41, 5.74) is 7.24. The van der Waals surface area contributed by atoms with Crippen molar-refractivity contribution in [2.45, 2.75) is 19.1 Å². The molecule has 2 aromatic rings. The Hall–Kier alpha value is -2.07. The molecule has 1 aromatic carbocycles. The zero-order valence-corrected chi connectivity index (χ0v) is 10.1. The van der Waals surface area contributed by atoms with E-state index in [4.69, 9.17) is 10.5 Å². The summed E-state index contributed by atoms with van der Waals surface area (Å²) >= 11 is 0. The maximum Gasteiger partial charge on any atom is 0.255 e. The highest BCUT2D eigenvalue weighted by Crippen LogP contribution is 2.33. The van der Waals surface area contributed by atoms with E-state index in [-0.39, 0.29) is 0 Å².